The summed E-state index contributed by atoms with van der Waals surface area (Å²) >= 11 is 0. The summed E-state index contributed by atoms with van der Waals surface area (Å²) in [5, 5.41) is 15.2. The molecule has 2 aliphatic rings. The molecule has 2 N–H and O–H groups in total. The van der Waals surface area contributed by atoms with Gasteiger partial charge in [-0.25, -0.2) is 14.4 Å². The summed E-state index contributed by atoms with van der Waals surface area (Å²) in [6, 6.07) is 31.0. The van der Waals surface area contributed by atoms with Gasteiger partial charge in [0.2, 0.25) is 5.36 Å². The fraction of sp³-hybridized carbons (Fsp3) is 0.319. The minimum atomic E-state index is -1.10. The molecule has 0 unspecified atom stereocenters. The lowest BCUT2D eigenvalue weighted by Gasteiger charge is -2.27. The lowest BCUT2D eigenvalue weighted by atomic mass is 9.89. The van der Waals surface area contributed by atoms with Gasteiger partial charge < -0.3 is 34.3 Å². The van der Waals surface area contributed by atoms with Crippen LogP contribution in [-0.2, 0) is 6.54 Å². The van der Waals surface area contributed by atoms with Gasteiger partial charge in [-0.05, 0) is 92.2 Å². The van der Waals surface area contributed by atoms with Crippen molar-refractivity contribution in [3.05, 3.63) is 125 Å². The highest BCUT2D eigenvalue weighted by Crippen LogP contribution is 2.42. The van der Waals surface area contributed by atoms with Crippen molar-refractivity contribution in [3.8, 4) is 28.2 Å². The number of amides is 1. The molecule has 1 amide bonds. The van der Waals surface area contributed by atoms with E-state index in [4.69, 9.17) is 9.15 Å². The maximum absolute atomic E-state index is 13.3. The normalized spacial score (nSPS) is 11.2. The second-order valence-electron chi connectivity index (χ2n) is 15.1. The number of likely N-dealkylation sites (N-methyl/N-ethyl adjacent to an activating group) is 1. The Balaban J connectivity index is 1.04. The lowest BCUT2D eigenvalue weighted by molar-refractivity contribution is 0.0697. The van der Waals surface area contributed by atoms with Crippen LogP contribution in [0.1, 0.15) is 52.0 Å². The number of nitrogens with zero attached hydrogens (tertiary/aromatic N) is 5. The number of hydrogen-bond acceptors (Lipinski definition) is 8. The van der Waals surface area contributed by atoms with E-state index in [1.807, 2.05) is 105 Å². The number of hydrogen-bond donors (Lipinski definition) is 2. The van der Waals surface area contributed by atoms with Crippen LogP contribution >= 0.6 is 0 Å². The van der Waals surface area contributed by atoms with E-state index in [0.717, 1.165) is 91.0 Å². The van der Waals surface area contributed by atoms with Crippen molar-refractivity contribution in [2.45, 2.75) is 32.2 Å². The zero-order valence-corrected chi connectivity index (χ0v) is 34.5. The van der Waals surface area contributed by atoms with Gasteiger partial charge in [0.05, 0.1) is 18.7 Å². The van der Waals surface area contributed by atoms with Crippen LogP contribution in [0.15, 0.2) is 108 Å². The number of rotatable bonds is 18. The molecule has 4 aromatic rings. The zero-order chi connectivity index (χ0) is 41.2. The molecule has 6 rings (SSSR count). The number of carbonyl (C=O) groups excluding carboxylic acids is 1. The predicted molar refractivity (Wildman–Crippen MR) is 233 cm³/mol. The largest absolute Gasteiger partial charge is 0.497 e. The molecule has 0 saturated carbocycles. The Kier molecular flexibility index (Phi) is 13.8. The molecule has 0 saturated heterocycles. The van der Waals surface area contributed by atoms with Crippen molar-refractivity contribution >= 4 is 34.4 Å². The number of nitrogens with one attached hydrogen (secondary N) is 1. The minimum absolute atomic E-state index is 0.0582. The van der Waals surface area contributed by atoms with Crippen LogP contribution < -0.4 is 29.8 Å². The second-order valence-corrected chi connectivity index (χ2v) is 15.1. The Morgan fingerprint density at radius 3 is 2.31 bits per heavy atom. The van der Waals surface area contributed by atoms with Gasteiger partial charge >= 0.3 is 5.97 Å². The second kappa shape index (κ2) is 19.3. The summed E-state index contributed by atoms with van der Waals surface area (Å²) in [4.78, 5) is 37.3. The first-order chi connectivity index (χ1) is 28.0. The van der Waals surface area contributed by atoms with Crippen molar-refractivity contribution in [2.24, 2.45) is 0 Å². The standard InChI is InChI=1S/C47H54N6O5/c1-50(2)35-17-22-39-42(30-35)58-43-31-36(51(3)4)18-23-40(43)45(39)38-21-16-34(29-41(38)47(55)56)46(54)49-25-10-7-8-12-26-52(5)27-28-53(44-13-9-11-24-48-44)32-33-14-19-37(57-6)20-15-33/h9,11,13-24,29-31H,7-8,10,12,25-28,32H2,1-6H3,(H-,49,54,55,56)/p+1. The highest BCUT2D eigenvalue weighted by molar-refractivity contribution is 6.09. The Hall–Kier alpha value is -6.20. The quantitative estimate of drug-likeness (QED) is 0.0526. The van der Waals surface area contributed by atoms with Crippen LogP contribution in [0.2, 0.25) is 0 Å². The van der Waals surface area contributed by atoms with Gasteiger partial charge in [0, 0.05) is 86.4 Å². The molecule has 3 aromatic carbocycles. The third-order valence-electron chi connectivity index (χ3n) is 10.5. The van der Waals surface area contributed by atoms with E-state index in [9.17, 15) is 14.7 Å². The highest BCUT2D eigenvalue weighted by atomic mass is 16.5. The summed E-state index contributed by atoms with van der Waals surface area (Å²) in [7, 11) is 11.7. The van der Waals surface area contributed by atoms with Crippen molar-refractivity contribution < 1.29 is 23.8 Å². The van der Waals surface area contributed by atoms with Gasteiger partial charge in [-0.2, -0.15) is 0 Å². The van der Waals surface area contributed by atoms with E-state index in [2.05, 4.69) is 45.3 Å². The van der Waals surface area contributed by atoms with Crippen LogP contribution in [0.5, 0.6) is 5.75 Å². The molecular weight excluding hydrogens is 729 g/mol. The van der Waals surface area contributed by atoms with Crippen LogP contribution in [0.4, 0.5) is 11.5 Å². The molecule has 1 aromatic heterocycles. The molecular formula is C47H55N6O5+. The number of benzene rings is 4. The van der Waals surface area contributed by atoms with E-state index in [-0.39, 0.29) is 11.5 Å². The average molecular weight is 784 g/mol. The van der Waals surface area contributed by atoms with E-state index < -0.39 is 5.97 Å². The van der Waals surface area contributed by atoms with Gasteiger partial charge in [0.25, 0.3) is 5.91 Å². The third kappa shape index (κ3) is 10.2. The maximum atomic E-state index is 13.3. The molecule has 0 bridgehead atoms. The monoisotopic (exact) mass is 783 g/mol. The molecule has 0 radical (unpaired) electrons. The van der Waals surface area contributed by atoms with E-state index in [0.29, 0.717) is 29.0 Å². The summed E-state index contributed by atoms with van der Waals surface area (Å²) in [6.07, 6.45) is 5.75. The number of pyridine rings is 1. The molecule has 2 heterocycles. The van der Waals surface area contributed by atoms with E-state index in [1.165, 1.54) is 11.6 Å². The minimum Gasteiger partial charge on any atom is -0.497 e. The first kappa shape index (κ1) is 41.4. The molecule has 58 heavy (non-hydrogen) atoms. The Bertz CT molecular complexity index is 2370. The summed E-state index contributed by atoms with van der Waals surface area (Å²) < 4.78 is 13.7. The summed E-state index contributed by atoms with van der Waals surface area (Å²) in [5.74, 6) is 1.05. The maximum Gasteiger partial charge on any atom is 0.336 e. The molecule has 1 aliphatic carbocycles. The molecule has 11 nitrogen and oxygen atoms in total. The van der Waals surface area contributed by atoms with Crippen LogP contribution in [0.25, 0.3) is 33.4 Å². The number of fused-ring (bicyclic) bond motifs is 2. The van der Waals surface area contributed by atoms with E-state index in [1.54, 1.807) is 19.2 Å². The average Bonchev–Trinajstić information content (AvgIpc) is 3.23. The molecule has 302 valence electrons. The van der Waals surface area contributed by atoms with Gasteiger partial charge in [0.1, 0.15) is 37.0 Å². The topological polar surface area (TPSA) is 114 Å². The summed E-state index contributed by atoms with van der Waals surface area (Å²) in [5.41, 5.74) is 5.24. The van der Waals surface area contributed by atoms with Crippen LogP contribution in [0.3, 0.4) is 0 Å². The smallest absolute Gasteiger partial charge is 0.336 e. The van der Waals surface area contributed by atoms with E-state index >= 15 is 0 Å². The highest BCUT2D eigenvalue weighted by Gasteiger charge is 2.24. The van der Waals surface area contributed by atoms with Crippen molar-refractivity contribution in [1.82, 2.24) is 19.8 Å². The number of anilines is 2. The molecule has 0 fully saturated rings. The van der Waals surface area contributed by atoms with Crippen LogP contribution in [-0.4, -0.2) is 95.4 Å². The molecule has 0 atom stereocenters. The predicted octanol–water partition coefficient (Wildman–Crippen LogP) is 7.33. The van der Waals surface area contributed by atoms with Gasteiger partial charge in [-0.3, -0.25) is 4.79 Å². The molecule has 0 spiro atoms. The Morgan fingerprint density at radius 1 is 0.828 bits per heavy atom. The third-order valence-corrected chi connectivity index (χ3v) is 10.5. The molecule has 1 aliphatic heterocycles. The van der Waals surface area contributed by atoms with Crippen LogP contribution in [0, 0.1) is 0 Å². The number of methoxy groups -OCH3 is 1. The van der Waals surface area contributed by atoms with Gasteiger partial charge in [-0.15, -0.1) is 0 Å². The fourth-order valence-electron chi connectivity index (χ4n) is 7.13. The van der Waals surface area contributed by atoms with Gasteiger partial charge in [0.15, 0.2) is 0 Å². The number of ether oxygens (including phenoxy) is 1. The number of unbranched alkanes of at least 4 members (excludes halogenated alkanes) is 3. The lowest BCUT2D eigenvalue weighted by Crippen LogP contribution is -2.34. The molecule has 11 heteroatoms. The fourth-order valence-corrected chi connectivity index (χ4v) is 7.13. The number of carboxylic acid groups (broad SMARTS) is 1. The Morgan fingerprint density at radius 2 is 1.60 bits per heavy atom. The van der Waals surface area contributed by atoms with Crippen molar-refractivity contribution in [1.29, 1.82) is 0 Å². The number of aromatic carboxylic acids is 1. The first-order valence-electron chi connectivity index (χ1n) is 19.8. The number of aromatic nitrogens is 1. The van der Waals surface area contributed by atoms with Crippen molar-refractivity contribution in [2.75, 3.05) is 78.3 Å². The number of carbonyl (C=O) groups is 2. The van der Waals surface area contributed by atoms with Gasteiger partial charge in [-0.1, -0.05) is 37.1 Å². The summed E-state index contributed by atoms with van der Waals surface area (Å²) in [6.45, 7) is 4.00. The first-order valence-corrected chi connectivity index (χ1v) is 19.8. The zero-order valence-electron chi connectivity index (χ0n) is 34.5. The van der Waals surface area contributed by atoms with Crippen molar-refractivity contribution in [3.63, 3.8) is 0 Å². The number of carboxylic acids is 1. The SMILES string of the molecule is COc1ccc(CN(CCN(C)CCCCCCNC(=O)c2ccc(-c3c4ccc(=[N+](C)C)cc-4oc4cc(N(C)C)ccc34)c(C(=O)O)c2)c2ccccn2)cc1. The Labute approximate surface area is 341 Å².